The molecule has 0 aliphatic carbocycles. The molecular formula is C21H22F3NO3. The standard InChI is InChI=1S/C21H22F3NO3/c1-3-4-19(20(27)28)25(13-21(22,23)24)18-11-9-17(10-12-18)16-7-5-15(6-8-16)14(2)26/h5-12,19H,3-4,13H2,1-2H3,(H,27,28)/t19-/m0/s1. The van der Waals surface area contributed by atoms with E-state index < -0.39 is 24.7 Å². The molecule has 0 aromatic heterocycles. The number of hydrogen-bond donors (Lipinski definition) is 1. The highest BCUT2D eigenvalue weighted by Gasteiger charge is 2.36. The third-order valence-corrected chi connectivity index (χ3v) is 4.40. The zero-order chi connectivity index (χ0) is 20.9. The molecule has 1 N–H and O–H groups in total. The van der Waals surface area contributed by atoms with E-state index in [0.29, 0.717) is 12.0 Å². The first kappa shape index (κ1) is 21.5. The Hall–Kier alpha value is -2.83. The van der Waals surface area contributed by atoms with Crippen LogP contribution in [0.2, 0.25) is 0 Å². The van der Waals surface area contributed by atoms with E-state index in [1.165, 1.54) is 19.1 Å². The van der Waals surface area contributed by atoms with Gasteiger partial charge in [-0.25, -0.2) is 4.79 Å². The Bertz CT molecular complexity index is 814. The van der Waals surface area contributed by atoms with Gasteiger partial charge in [0, 0.05) is 11.3 Å². The monoisotopic (exact) mass is 393 g/mol. The van der Waals surface area contributed by atoms with E-state index in [1.807, 2.05) is 0 Å². The van der Waals surface area contributed by atoms with Crippen LogP contribution in [0.5, 0.6) is 0 Å². The summed E-state index contributed by atoms with van der Waals surface area (Å²) in [4.78, 5) is 23.8. The summed E-state index contributed by atoms with van der Waals surface area (Å²) >= 11 is 0. The molecule has 0 aliphatic heterocycles. The van der Waals surface area contributed by atoms with Gasteiger partial charge in [0.15, 0.2) is 5.78 Å². The van der Waals surface area contributed by atoms with Crippen LogP contribution in [0.25, 0.3) is 11.1 Å². The van der Waals surface area contributed by atoms with Crippen LogP contribution >= 0.6 is 0 Å². The first-order valence-corrected chi connectivity index (χ1v) is 8.90. The molecule has 0 fully saturated rings. The number of carboxylic acids is 1. The predicted molar refractivity (Wildman–Crippen MR) is 102 cm³/mol. The van der Waals surface area contributed by atoms with Crippen LogP contribution in [0, 0.1) is 0 Å². The number of carbonyl (C=O) groups is 2. The van der Waals surface area contributed by atoms with Crippen molar-refractivity contribution < 1.29 is 27.9 Å². The third-order valence-electron chi connectivity index (χ3n) is 4.40. The molecule has 0 bridgehead atoms. The summed E-state index contributed by atoms with van der Waals surface area (Å²) in [6, 6.07) is 11.9. The summed E-state index contributed by atoms with van der Waals surface area (Å²) in [7, 11) is 0. The Morgan fingerprint density at radius 3 is 1.89 bits per heavy atom. The lowest BCUT2D eigenvalue weighted by molar-refractivity contribution is -0.140. The van der Waals surface area contributed by atoms with Gasteiger partial charge in [0.25, 0.3) is 0 Å². The quantitative estimate of drug-likeness (QED) is 0.628. The van der Waals surface area contributed by atoms with Gasteiger partial charge in [-0.2, -0.15) is 13.2 Å². The van der Waals surface area contributed by atoms with Gasteiger partial charge in [0.1, 0.15) is 12.6 Å². The molecule has 0 amide bonds. The summed E-state index contributed by atoms with van der Waals surface area (Å²) in [6.45, 7) is 1.86. The lowest BCUT2D eigenvalue weighted by Crippen LogP contribution is -2.46. The van der Waals surface area contributed by atoms with Gasteiger partial charge in [-0.15, -0.1) is 0 Å². The number of carbonyl (C=O) groups excluding carboxylic acids is 1. The maximum Gasteiger partial charge on any atom is 0.405 e. The summed E-state index contributed by atoms with van der Waals surface area (Å²) in [5.41, 5.74) is 2.33. The molecule has 0 heterocycles. The van der Waals surface area contributed by atoms with Gasteiger partial charge >= 0.3 is 12.1 Å². The molecular weight excluding hydrogens is 371 g/mol. The van der Waals surface area contributed by atoms with Crippen molar-refractivity contribution in [2.45, 2.75) is 38.9 Å². The Kier molecular flexibility index (Phi) is 6.83. The molecule has 0 unspecified atom stereocenters. The number of ketones is 1. The van der Waals surface area contributed by atoms with E-state index in [4.69, 9.17) is 0 Å². The number of halogens is 3. The van der Waals surface area contributed by atoms with Crippen LogP contribution in [0.3, 0.4) is 0 Å². The number of Topliss-reactive ketones (excluding diaryl/α,β-unsaturated/α-hetero) is 1. The van der Waals surface area contributed by atoms with Crippen molar-refractivity contribution in [2.24, 2.45) is 0 Å². The summed E-state index contributed by atoms with van der Waals surface area (Å²) in [6.07, 6.45) is -3.96. The summed E-state index contributed by atoms with van der Waals surface area (Å²) < 4.78 is 39.1. The van der Waals surface area contributed by atoms with Crippen molar-refractivity contribution in [1.29, 1.82) is 0 Å². The van der Waals surface area contributed by atoms with Crippen molar-refractivity contribution >= 4 is 17.4 Å². The van der Waals surface area contributed by atoms with Crippen molar-refractivity contribution in [3.63, 3.8) is 0 Å². The second-order valence-electron chi connectivity index (χ2n) is 6.57. The zero-order valence-corrected chi connectivity index (χ0v) is 15.7. The van der Waals surface area contributed by atoms with Gasteiger partial charge in [-0.3, -0.25) is 4.79 Å². The van der Waals surface area contributed by atoms with E-state index in [0.717, 1.165) is 16.0 Å². The Morgan fingerprint density at radius 2 is 1.50 bits per heavy atom. The van der Waals surface area contributed by atoms with Gasteiger partial charge < -0.3 is 10.0 Å². The molecule has 28 heavy (non-hydrogen) atoms. The highest BCUT2D eigenvalue weighted by molar-refractivity contribution is 5.94. The fourth-order valence-corrected chi connectivity index (χ4v) is 3.00. The lowest BCUT2D eigenvalue weighted by Gasteiger charge is -2.31. The second-order valence-corrected chi connectivity index (χ2v) is 6.57. The van der Waals surface area contributed by atoms with Crippen LogP contribution < -0.4 is 4.90 Å². The van der Waals surface area contributed by atoms with Crippen LogP contribution in [0.4, 0.5) is 18.9 Å². The lowest BCUT2D eigenvalue weighted by atomic mass is 10.0. The minimum absolute atomic E-state index is 0.0553. The number of alkyl halides is 3. The van der Waals surface area contributed by atoms with E-state index in [9.17, 15) is 27.9 Å². The number of anilines is 1. The molecule has 0 radical (unpaired) electrons. The second kappa shape index (κ2) is 8.91. The third kappa shape index (κ3) is 5.58. The molecule has 150 valence electrons. The fourth-order valence-electron chi connectivity index (χ4n) is 3.00. The molecule has 0 spiro atoms. The average Bonchev–Trinajstić information content (AvgIpc) is 2.64. The van der Waals surface area contributed by atoms with Gasteiger partial charge in [0.2, 0.25) is 0 Å². The van der Waals surface area contributed by atoms with Crippen molar-refractivity contribution in [3.05, 3.63) is 54.1 Å². The molecule has 0 saturated heterocycles. The largest absolute Gasteiger partial charge is 0.480 e. The molecule has 2 aromatic carbocycles. The first-order chi connectivity index (χ1) is 13.1. The number of carboxylic acid groups (broad SMARTS) is 1. The Morgan fingerprint density at radius 1 is 1.00 bits per heavy atom. The van der Waals surface area contributed by atoms with E-state index in [2.05, 4.69) is 0 Å². The van der Waals surface area contributed by atoms with E-state index in [-0.39, 0.29) is 17.9 Å². The Labute approximate surface area is 161 Å². The molecule has 4 nitrogen and oxygen atoms in total. The molecule has 2 aromatic rings. The van der Waals surface area contributed by atoms with Crippen LogP contribution in [0.15, 0.2) is 48.5 Å². The van der Waals surface area contributed by atoms with Gasteiger partial charge in [0.05, 0.1) is 0 Å². The molecule has 2 rings (SSSR count). The normalized spacial score (nSPS) is 12.5. The van der Waals surface area contributed by atoms with Crippen molar-refractivity contribution in [1.82, 2.24) is 0 Å². The van der Waals surface area contributed by atoms with Crippen LogP contribution in [-0.4, -0.2) is 35.6 Å². The molecule has 1 atom stereocenters. The number of benzene rings is 2. The molecule has 0 aliphatic rings. The SMILES string of the molecule is CCC[C@@H](C(=O)O)N(CC(F)(F)F)c1ccc(-c2ccc(C(C)=O)cc2)cc1. The highest BCUT2D eigenvalue weighted by Crippen LogP contribution is 2.29. The number of rotatable bonds is 8. The van der Waals surface area contributed by atoms with Crippen LogP contribution in [0.1, 0.15) is 37.0 Å². The Balaban J connectivity index is 2.34. The zero-order valence-electron chi connectivity index (χ0n) is 15.7. The highest BCUT2D eigenvalue weighted by atomic mass is 19.4. The molecule has 7 heteroatoms. The predicted octanol–water partition coefficient (Wildman–Crippen LogP) is 5.18. The van der Waals surface area contributed by atoms with E-state index >= 15 is 0 Å². The number of hydrogen-bond acceptors (Lipinski definition) is 3. The summed E-state index contributed by atoms with van der Waals surface area (Å²) in [5, 5.41) is 9.40. The maximum atomic E-state index is 13.0. The van der Waals surface area contributed by atoms with Crippen molar-refractivity contribution in [2.75, 3.05) is 11.4 Å². The minimum Gasteiger partial charge on any atom is -0.480 e. The van der Waals surface area contributed by atoms with Gasteiger partial charge in [-0.05, 0) is 36.6 Å². The van der Waals surface area contributed by atoms with Crippen LogP contribution in [-0.2, 0) is 4.79 Å². The topological polar surface area (TPSA) is 57.6 Å². The number of nitrogens with zero attached hydrogens (tertiary/aromatic N) is 1. The van der Waals surface area contributed by atoms with Gasteiger partial charge in [-0.1, -0.05) is 49.7 Å². The minimum atomic E-state index is -4.53. The smallest absolute Gasteiger partial charge is 0.405 e. The fraction of sp³-hybridized carbons (Fsp3) is 0.333. The maximum absolute atomic E-state index is 13.0. The molecule has 0 saturated carbocycles. The van der Waals surface area contributed by atoms with Crippen molar-refractivity contribution in [3.8, 4) is 11.1 Å². The number of aliphatic carboxylic acids is 1. The first-order valence-electron chi connectivity index (χ1n) is 8.90. The average molecular weight is 393 g/mol. The van der Waals surface area contributed by atoms with E-state index in [1.54, 1.807) is 43.3 Å². The summed E-state index contributed by atoms with van der Waals surface area (Å²) in [5.74, 6) is -1.34.